The largest absolute Gasteiger partial charge is 0.507 e. The van der Waals surface area contributed by atoms with Crippen molar-refractivity contribution in [3.05, 3.63) is 40.4 Å². The molecule has 1 aliphatic heterocycles. The Morgan fingerprint density at radius 3 is 2.84 bits per heavy atom. The van der Waals surface area contributed by atoms with Gasteiger partial charge in [-0.05, 0) is 34.1 Å². The van der Waals surface area contributed by atoms with Gasteiger partial charge in [-0.3, -0.25) is 4.79 Å². The van der Waals surface area contributed by atoms with Crippen LogP contribution in [0.3, 0.4) is 0 Å². The van der Waals surface area contributed by atoms with Crippen LogP contribution in [-0.4, -0.2) is 35.7 Å². The van der Waals surface area contributed by atoms with Crippen LogP contribution in [-0.2, 0) is 4.79 Å². The van der Waals surface area contributed by atoms with Gasteiger partial charge >= 0.3 is 0 Å². The number of benzene rings is 2. The summed E-state index contributed by atoms with van der Waals surface area (Å²) >= 11 is 3.13. The van der Waals surface area contributed by atoms with Crippen LogP contribution in [0.2, 0.25) is 0 Å². The Kier molecular flexibility index (Phi) is 4.94. The van der Waals surface area contributed by atoms with Gasteiger partial charge in [-0.2, -0.15) is 5.10 Å². The zero-order valence-electron chi connectivity index (χ0n) is 12.8. The summed E-state index contributed by atoms with van der Waals surface area (Å²) in [5.41, 5.74) is 3.39. The predicted molar refractivity (Wildman–Crippen MR) is 94.3 cm³/mol. The van der Waals surface area contributed by atoms with Gasteiger partial charge in [0.2, 0.25) is 6.79 Å². The second-order valence-corrected chi connectivity index (χ2v) is 5.93. The minimum absolute atomic E-state index is 0.00222. The van der Waals surface area contributed by atoms with E-state index in [2.05, 4.69) is 31.8 Å². The number of nitrogens with zero attached hydrogens (tertiary/aromatic N) is 1. The molecule has 130 valence electrons. The third-order valence-electron chi connectivity index (χ3n) is 3.31. The van der Waals surface area contributed by atoms with Crippen molar-refractivity contribution in [1.29, 1.82) is 0 Å². The molecule has 0 spiro atoms. The van der Waals surface area contributed by atoms with E-state index in [1.807, 2.05) is 0 Å². The highest BCUT2D eigenvalue weighted by Crippen LogP contribution is 2.34. The van der Waals surface area contributed by atoms with E-state index in [9.17, 15) is 15.0 Å². The fourth-order valence-electron chi connectivity index (χ4n) is 2.07. The highest BCUT2D eigenvalue weighted by atomic mass is 79.9. The number of halogens is 1. The van der Waals surface area contributed by atoms with Crippen LogP contribution in [0.15, 0.2) is 39.9 Å². The van der Waals surface area contributed by atoms with Crippen molar-refractivity contribution in [3.63, 3.8) is 0 Å². The number of carbonyl (C=O) groups is 1. The number of hydrogen-bond acceptors (Lipinski definition) is 7. The zero-order valence-corrected chi connectivity index (χ0v) is 14.4. The Hall–Kier alpha value is -2.94. The lowest BCUT2D eigenvalue weighted by Crippen LogP contribution is -2.25. The van der Waals surface area contributed by atoms with Crippen LogP contribution in [0.25, 0.3) is 0 Å². The van der Waals surface area contributed by atoms with E-state index in [0.29, 0.717) is 27.2 Å². The second kappa shape index (κ2) is 7.31. The lowest BCUT2D eigenvalue weighted by atomic mass is 10.2. The lowest BCUT2D eigenvalue weighted by Gasteiger charge is -2.06. The maximum Gasteiger partial charge on any atom is 0.259 e. The molecular weight excluding hydrogens is 394 g/mol. The average Bonchev–Trinajstić information content (AvgIpc) is 3.05. The first-order valence-corrected chi connectivity index (χ1v) is 7.99. The summed E-state index contributed by atoms with van der Waals surface area (Å²) in [5.74, 6) is 0.673. The first kappa shape index (κ1) is 16.9. The molecule has 4 N–H and O–H groups in total. The number of carbonyl (C=O) groups excluding carboxylic acids is 1. The molecule has 0 aliphatic carbocycles. The number of fused-ring (bicyclic) bond motifs is 1. The third-order valence-corrected chi connectivity index (χ3v) is 3.95. The highest BCUT2D eigenvalue weighted by molar-refractivity contribution is 9.10. The maximum atomic E-state index is 11.8. The van der Waals surface area contributed by atoms with Gasteiger partial charge in [-0.15, -0.1) is 0 Å². The molecule has 1 amide bonds. The van der Waals surface area contributed by atoms with Gasteiger partial charge in [0, 0.05) is 23.4 Å². The second-order valence-electron chi connectivity index (χ2n) is 5.08. The number of nitrogens with one attached hydrogen (secondary N) is 2. The number of rotatable bonds is 5. The summed E-state index contributed by atoms with van der Waals surface area (Å²) in [6.07, 6.45) is 1.28. The minimum atomic E-state index is -0.369. The highest BCUT2D eigenvalue weighted by Gasteiger charge is 2.13. The Labute approximate surface area is 151 Å². The van der Waals surface area contributed by atoms with E-state index >= 15 is 0 Å². The average molecular weight is 408 g/mol. The minimum Gasteiger partial charge on any atom is -0.507 e. The molecule has 0 bridgehead atoms. The maximum absolute atomic E-state index is 11.8. The summed E-state index contributed by atoms with van der Waals surface area (Å²) in [7, 11) is 0. The van der Waals surface area contributed by atoms with Crippen molar-refractivity contribution in [2.75, 3.05) is 18.7 Å². The van der Waals surface area contributed by atoms with E-state index < -0.39 is 0 Å². The molecule has 0 saturated carbocycles. The Bertz CT molecular complexity index is 841. The van der Waals surface area contributed by atoms with Crippen molar-refractivity contribution in [2.45, 2.75) is 0 Å². The Balaban J connectivity index is 1.52. The number of amides is 1. The number of phenols is 2. The normalized spacial score (nSPS) is 12.4. The molecule has 2 aromatic rings. The molecule has 2 aromatic carbocycles. The molecule has 8 nitrogen and oxygen atoms in total. The van der Waals surface area contributed by atoms with Crippen molar-refractivity contribution in [1.82, 2.24) is 5.43 Å². The fourth-order valence-corrected chi connectivity index (χ4v) is 2.43. The van der Waals surface area contributed by atoms with E-state index in [4.69, 9.17) is 9.47 Å². The predicted octanol–water partition coefficient (Wildman–Crippen LogP) is 2.15. The smallest absolute Gasteiger partial charge is 0.259 e. The lowest BCUT2D eigenvalue weighted by molar-refractivity contribution is -0.119. The van der Waals surface area contributed by atoms with Crippen molar-refractivity contribution < 1.29 is 24.5 Å². The fraction of sp³-hybridized carbons (Fsp3) is 0.125. The number of anilines is 1. The van der Waals surface area contributed by atoms with Crippen LogP contribution in [0, 0.1) is 0 Å². The quantitative estimate of drug-likeness (QED) is 0.446. The molecule has 0 aromatic heterocycles. The number of hydrogen-bond donors (Lipinski definition) is 4. The Morgan fingerprint density at radius 2 is 2.00 bits per heavy atom. The van der Waals surface area contributed by atoms with Crippen molar-refractivity contribution in [2.24, 2.45) is 5.10 Å². The van der Waals surface area contributed by atoms with Gasteiger partial charge in [0.15, 0.2) is 11.5 Å². The molecule has 3 rings (SSSR count). The van der Waals surface area contributed by atoms with Crippen LogP contribution >= 0.6 is 15.9 Å². The molecule has 1 heterocycles. The van der Waals surface area contributed by atoms with E-state index in [1.54, 1.807) is 18.2 Å². The first-order chi connectivity index (χ1) is 12.0. The standard InChI is InChI=1S/C16H14BrN3O5/c17-11-3-9(12(21)5-13(11)22)6-19-20-16(23)7-18-10-1-2-14-15(4-10)25-8-24-14/h1-6,18,21-22H,7-8H2,(H,20,23)/b19-6+. The van der Waals surface area contributed by atoms with E-state index in [0.717, 1.165) is 0 Å². The topological polar surface area (TPSA) is 112 Å². The summed E-state index contributed by atoms with van der Waals surface area (Å²) in [6, 6.07) is 7.92. The molecule has 9 heteroatoms. The van der Waals surface area contributed by atoms with Gasteiger partial charge < -0.3 is 25.0 Å². The molecule has 0 radical (unpaired) electrons. The third kappa shape index (κ3) is 4.13. The van der Waals surface area contributed by atoms with E-state index in [1.165, 1.54) is 18.3 Å². The molecule has 0 fully saturated rings. The van der Waals surface area contributed by atoms with Gasteiger partial charge in [0.05, 0.1) is 17.2 Å². The molecular formula is C16H14BrN3O5. The summed E-state index contributed by atoms with van der Waals surface area (Å²) < 4.78 is 10.9. The molecule has 0 atom stereocenters. The van der Waals surface area contributed by atoms with Crippen LogP contribution < -0.4 is 20.2 Å². The molecule has 1 aliphatic rings. The monoisotopic (exact) mass is 407 g/mol. The number of aromatic hydroxyl groups is 2. The SMILES string of the molecule is O=C(CNc1ccc2c(c1)OCO2)N/N=C/c1cc(Br)c(O)cc1O. The van der Waals surface area contributed by atoms with Gasteiger partial charge in [-0.1, -0.05) is 0 Å². The number of hydrazone groups is 1. The van der Waals surface area contributed by atoms with Crippen molar-refractivity contribution >= 4 is 33.7 Å². The summed E-state index contributed by atoms with van der Waals surface area (Å²) in [4.78, 5) is 11.8. The number of phenolic OH excluding ortho intramolecular Hbond substituents is 2. The Morgan fingerprint density at radius 1 is 1.20 bits per heavy atom. The summed E-state index contributed by atoms with van der Waals surface area (Å²) in [5, 5.41) is 25.8. The van der Waals surface area contributed by atoms with Gasteiger partial charge in [-0.25, -0.2) is 5.43 Å². The van der Waals surface area contributed by atoms with E-state index in [-0.39, 0.29) is 30.7 Å². The molecule has 0 unspecified atom stereocenters. The molecule has 25 heavy (non-hydrogen) atoms. The molecule has 0 saturated heterocycles. The van der Waals surface area contributed by atoms with Gasteiger partial charge in [0.25, 0.3) is 5.91 Å². The van der Waals surface area contributed by atoms with Crippen LogP contribution in [0.4, 0.5) is 5.69 Å². The van der Waals surface area contributed by atoms with Gasteiger partial charge in [0.1, 0.15) is 11.5 Å². The number of ether oxygens (including phenoxy) is 2. The summed E-state index contributed by atoms with van der Waals surface area (Å²) in [6.45, 7) is 0.191. The first-order valence-electron chi connectivity index (χ1n) is 7.20. The van der Waals surface area contributed by atoms with Crippen LogP contribution in [0.1, 0.15) is 5.56 Å². The van der Waals surface area contributed by atoms with Crippen LogP contribution in [0.5, 0.6) is 23.0 Å². The zero-order chi connectivity index (χ0) is 17.8. The van der Waals surface area contributed by atoms with Crippen molar-refractivity contribution in [3.8, 4) is 23.0 Å².